The van der Waals surface area contributed by atoms with E-state index in [0.29, 0.717) is 28.7 Å². The molecule has 3 amide bonds. The fourth-order valence-electron chi connectivity index (χ4n) is 6.15. The van der Waals surface area contributed by atoms with E-state index in [2.05, 4.69) is 10.2 Å². The lowest BCUT2D eigenvalue weighted by Crippen LogP contribution is -2.54. The van der Waals surface area contributed by atoms with Crippen LogP contribution in [0.3, 0.4) is 0 Å². The fourth-order valence-corrected chi connectivity index (χ4v) is 6.28. The summed E-state index contributed by atoms with van der Waals surface area (Å²) >= 11 is 6.00. The molecule has 4 aliphatic rings. The Morgan fingerprint density at radius 1 is 1.10 bits per heavy atom. The highest BCUT2D eigenvalue weighted by Crippen LogP contribution is 2.61. The Labute approximate surface area is 183 Å². The van der Waals surface area contributed by atoms with E-state index in [1.807, 2.05) is 6.07 Å². The van der Waals surface area contributed by atoms with Crippen molar-refractivity contribution in [1.29, 1.82) is 0 Å². The van der Waals surface area contributed by atoms with Crippen molar-refractivity contribution in [2.75, 3.05) is 23.9 Å². The lowest BCUT2D eigenvalue weighted by molar-refractivity contribution is -0.135. The third-order valence-electron chi connectivity index (χ3n) is 7.28. The first-order chi connectivity index (χ1) is 15.0. The monoisotopic (exact) mass is 437 g/mol. The van der Waals surface area contributed by atoms with E-state index in [1.54, 1.807) is 43.5 Å². The summed E-state index contributed by atoms with van der Waals surface area (Å²) < 4.78 is 5.42. The molecule has 0 aliphatic carbocycles. The van der Waals surface area contributed by atoms with E-state index in [9.17, 15) is 14.4 Å². The predicted octanol–water partition coefficient (Wildman–Crippen LogP) is 2.78. The zero-order valence-electron chi connectivity index (χ0n) is 16.8. The van der Waals surface area contributed by atoms with Gasteiger partial charge in [0, 0.05) is 22.3 Å². The number of nitrogens with one attached hydrogen (secondary N) is 1. The van der Waals surface area contributed by atoms with Gasteiger partial charge in [-0.05, 0) is 61.9 Å². The topological polar surface area (TPSA) is 79.0 Å². The van der Waals surface area contributed by atoms with Gasteiger partial charge in [0.15, 0.2) is 0 Å². The molecule has 7 nitrogen and oxygen atoms in total. The van der Waals surface area contributed by atoms with Crippen LogP contribution in [0.4, 0.5) is 11.4 Å². The number of fused-ring (bicyclic) bond motifs is 7. The van der Waals surface area contributed by atoms with Gasteiger partial charge in [0.2, 0.25) is 17.7 Å². The highest BCUT2D eigenvalue weighted by Gasteiger charge is 2.74. The van der Waals surface area contributed by atoms with E-state index in [1.165, 1.54) is 4.90 Å². The number of ether oxygens (including phenoxy) is 1. The summed E-state index contributed by atoms with van der Waals surface area (Å²) in [6.07, 6.45) is 1.66. The van der Waals surface area contributed by atoms with E-state index >= 15 is 0 Å². The fraction of sp³-hybridized carbons (Fsp3) is 0.348. The number of imide groups is 1. The molecule has 6 rings (SSSR count). The molecule has 0 bridgehead atoms. The van der Waals surface area contributed by atoms with Crippen LogP contribution in [0.25, 0.3) is 0 Å². The Bertz CT molecular complexity index is 1150. The third-order valence-corrected chi connectivity index (χ3v) is 7.54. The maximum absolute atomic E-state index is 13.8. The number of methoxy groups -OCH3 is 1. The molecule has 3 fully saturated rings. The molecule has 0 aromatic heterocycles. The maximum Gasteiger partial charge on any atom is 0.250 e. The SMILES string of the molecule is COc1ccc2c(c1)C1(C(=O)N2)C2C(=O)N(c3ccc(Cl)cc3)C(=O)C2C2CCCN21. The molecule has 3 saturated heterocycles. The van der Waals surface area contributed by atoms with Crippen LogP contribution in [0.5, 0.6) is 5.75 Å². The molecule has 2 aromatic carbocycles. The molecular formula is C23H20ClN3O4. The van der Waals surface area contributed by atoms with Gasteiger partial charge in [-0.3, -0.25) is 19.3 Å². The minimum absolute atomic E-state index is 0.151. The highest BCUT2D eigenvalue weighted by atomic mass is 35.5. The Morgan fingerprint density at radius 3 is 2.61 bits per heavy atom. The van der Waals surface area contributed by atoms with Crippen molar-refractivity contribution in [3.8, 4) is 5.75 Å². The van der Waals surface area contributed by atoms with Crippen LogP contribution in [0, 0.1) is 11.8 Å². The molecule has 4 aliphatic heterocycles. The van der Waals surface area contributed by atoms with Crippen molar-refractivity contribution in [1.82, 2.24) is 4.90 Å². The molecular weight excluding hydrogens is 418 g/mol. The first-order valence-corrected chi connectivity index (χ1v) is 10.8. The van der Waals surface area contributed by atoms with Crippen LogP contribution in [0.1, 0.15) is 18.4 Å². The number of rotatable bonds is 2. The highest BCUT2D eigenvalue weighted by molar-refractivity contribution is 6.31. The average Bonchev–Trinajstić information content (AvgIpc) is 3.47. The van der Waals surface area contributed by atoms with E-state index in [0.717, 1.165) is 18.4 Å². The minimum atomic E-state index is -1.20. The van der Waals surface area contributed by atoms with Gasteiger partial charge in [-0.25, -0.2) is 4.90 Å². The Hall–Kier alpha value is -2.90. The molecule has 4 heterocycles. The quantitative estimate of drug-likeness (QED) is 0.731. The normalized spacial score (nSPS) is 31.2. The summed E-state index contributed by atoms with van der Waals surface area (Å²) in [5.41, 5.74) is 0.666. The smallest absolute Gasteiger partial charge is 0.250 e. The van der Waals surface area contributed by atoms with Crippen molar-refractivity contribution < 1.29 is 19.1 Å². The van der Waals surface area contributed by atoms with Gasteiger partial charge in [0.1, 0.15) is 11.3 Å². The summed E-state index contributed by atoms with van der Waals surface area (Å²) in [5.74, 6) is -1.55. The summed E-state index contributed by atoms with van der Waals surface area (Å²) in [4.78, 5) is 44.3. The third kappa shape index (κ3) is 2.20. The molecule has 0 radical (unpaired) electrons. The second-order valence-electron chi connectivity index (χ2n) is 8.53. The summed E-state index contributed by atoms with van der Waals surface area (Å²) in [6, 6.07) is 11.9. The van der Waals surface area contributed by atoms with Crippen molar-refractivity contribution in [3.63, 3.8) is 0 Å². The summed E-state index contributed by atoms with van der Waals surface area (Å²) in [5, 5.41) is 3.49. The molecule has 0 saturated carbocycles. The van der Waals surface area contributed by atoms with Crippen molar-refractivity contribution >= 4 is 40.7 Å². The number of halogens is 1. The molecule has 1 N–H and O–H groups in total. The Morgan fingerprint density at radius 2 is 1.87 bits per heavy atom. The summed E-state index contributed by atoms with van der Waals surface area (Å²) in [6.45, 7) is 0.670. The first kappa shape index (κ1) is 18.8. The largest absolute Gasteiger partial charge is 0.497 e. The number of carbonyl (C=O) groups excluding carboxylic acids is 3. The number of carbonyl (C=O) groups is 3. The number of amides is 3. The van der Waals surface area contributed by atoms with Crippen LogP contribution in [0.15, 0.2) is 42.5 Å². The first-order valence-electron chi connectivity index (χ1n) is 10.4. The average molecular weight is 438 g/mol. The Kier molecular flexibility index (Phi) is 3.83. The van der Waals surface area contributed by atoms with Gasteiger partial charge < -0.3 is 10.1 Å². The molecule has 31 heavy (non-hydrogen) atoms. The number of anilines is 2. The molecule has 1 spiro atoms. The molecule has 2 aromatic rings. The van der Waals surface area contributed by atoms with Gasteiger partial charge in [-0.15, -0.1) is 0 Å². The molecule has 158 valence electrons. The second-order valence-corrected chi connectivity index (χ2v) is 8.96. The lowest BCUT2D eigenvalue weighted by Gasteiger charge is -2.36. The maximum atomic E-state index is 13.8. The molecule has 4 atom stereocenters. The standard InChI is InChI=1S/C23H20ClN3O4/c1-31-14-8-9-16-15(11-14)23(22(30)25-16)19-18(17-3-2-10-26(17)23)20(28)27(21(19)29)13-6-4-12(24)5-7-13/h4-9,11,17-19H,2-3,10H2,1H3,(H,25,30). The van der Waals surface area contributed by atoms with Gasteiger partial charge in [-0.1, -0.05) is 11.6 Å². The minimum Gasteiger partial charge on any atom is -0.497 e. The van der Waals surface area contributed by atoms with Crippen molar-refractivity contribution in [3.05, 3.63) is 53.1 Å². The van der Waals surface area contributed by atoms with E-state index in [-0.39, 0.29) is 23.8 Å². The Balaban J connectivity index is 1.55. The lowest BCUT2D eigenvalue weighted by atomic mass is 9.75. The number of hydrogen-bond donors (Lipinski definition) is 1. The van der Waals surface area contributed by atoms with Gasteiger partial charge in [-0.2, -0.15) is 0 Å². The van der Waals surface area contributed by atoms with Crippen molar-refractivity contribution in [2.24, 2.45) is 11.8 Å². The van der Waals surface area contributed by atoms with Crippen LogP contribution in [0.2, 0.25) is 5.02 Å². The van der Waals surface area contributed by atoms with Crippen LogP contribution < -0.4 is 15.0 Å². The second kappa shape index (κ2) is 6.31. The number of hydrogen-bond acceptors (Lipinski definition) is 5. The van der Waals surface area contributed by atoms with Gasteiger partial charge in [0.25, 0.3) is 0 Å². The number of nitrogens with zero attached hydrogens (tertiary/aromatic N) is 2. The van der Waals surface area contributed by atoms with Gasteiger partial charge >= 0.3 is 0 Å². The van der Waals surface area contributed by atoms with E-state index < -0.39 is 17.4 Å². The molecule has 8 heteroatoms. The zero-order valence-corrected chi connectivity index (χ0v) is 17.6. The zero-order chi connectivity index (χ0) is 21.5. The van der Waals surface area contributed by atoms with Crippen LogP contribution >= 0.6 is 11.6 Å². The van der Waals surface area contributed by atoms with Crippen LogP contribution in [-0.4, -0.2) is 42.3 Å². The van der Waals surface area contributed by atoms with E-state index in [4.69, 9.17) is 16.3 Å². The predicted molar refractivity (Wildman–Crippen MR) is 114 cm³/mol. The number of benzene rings is 2. The van der Waals surface area contributed by atoms with Gasteiger partial charge in [0.05, 0.1) is 24.6 Å². The summed E-state index contributed by atoms with van der Waals surface area (Å²) in [7, 11) is 1.57. The molecule has 4 unspecified atom stereocenters. The van der Waals surface area contributed by atoms with Crippen molar-refractivity contribution in [2.45, 2.75) is 24.4 Å². The van der Waals surface area contributed by atoms with Crippen LogP contribution in [-0.2, 0) is 19.9 Å².